The van der Waals surface area contributed by atoms with E-state index in [1.807, 2.05) is 0 Å². The molecule has 1 N–H and O–H groups in total. The fourth-order valence-electron chi connectivity index (χ4n) is 1.70. The minimum absolute atomic E-state index is 0.0225. The molecule has 0 saturated carbocycles. The van der Waals surface area contributed by atoms with E-state index in [9.17, 15) is 14.0 Å². The van der Waals surface area contributed by atoms with E-state index in [1.165, 1.54) is 41.1 Å². The molecule has 0 radical (unpaired) electrons. The Morgan fingerprint density at radius 3 is 2.40 bits per heavy atom. The van der Waals surface area contributed by atoms with Gasteiger partial charge in [-0.3, -0.25) is 4.79 Å². The van der Waals surface area contributed by atoms with Crippen LogP contribution in [0.2, 0.25) is 0 Å². The molecule has 1 heterocycles. The molecule has 0 unspecified atom stereocenters. The van der Waals surface area contributed by atoms with E-state index in [-0.39, 0.29) is 17.9 Å². The minimum atomic E-state index is -1.07. The van der Waals surface area contributed by atoms with Gasteiger partial charge in [0.2, 0.25) is 12.3 Å². The summed E-state index contributed by atoms with van der Waals surface area (Å²) in [6, 6.07) is 6.66. The van der Waals surface area contributed by atoms with Crippen LogP contribution in [0.5, 0.6) is 0 Å². The number of ketones is 1. The lowest BCUT2D eigenvalue weighted by Gasteiger charge is -2.00. The summed E-state index contributed by atoms with van der Waals surface area (Å²) in [7, 11) is 0. The van der Waals surface area contributed by atoms with Crippen molar-refractivity contribution in [1.82, 2.24) is 0 Å². The molecule has 2 aromatic rings. The van der Waals surface area contributed by atoms with Gasteiger partial charge in [0.05, 0.1) is 4.47 Å². The Kier molecular flexibility index (Phi) is 4.24. The lowest BCUT2D eigenvalue weighted by Crippen LogP contribution is -2.38. The van der Waals surface area contributed by atoms with Crippen molar-refractivity contribution in [3.05, 3.63) is 64.1 Å². The second-order valence-corrected chi connectivity index (χ2v) is 5.07. The van der Waals surface area contributed by atoms with Gasteiger partial charge in [0.25, 0.3) is 0 Å². The topological polar surface area (TPSA) is 58.2 Å². The maximum Gasteiger partial charge on any atom is 0.341 e. The number of halogens is 2. The summed E-state index contributed by atoms with van der Waals surface area (Å²) in [6.07, 6.45) is 2.97. The number of carboxylic acid groups (broad SMARTS) is 1. The summed E-state index contributed by atoms with van der Waals surface area (Å²) in [5.74, 6) is -1.72. The number of carbonyl (C=O) groups excluding carboxylic acids is 1. The number of rotatable bonds is 4. The van der Waals surface area contributed by atoms with Gasteiger partial charge in [0.1, 0.15) is 11.4 Å². The summed E-state index contributed by atoms with van der Waals surface area (Å²) in [4.78, 5) is 22.9. The zero-order valence-corrected chi connectivity index (χ0v) is 11.8. The largest absolute Gasteiger partial charge is 0.477 e. The second kappa shape index (κ2) is 5.92. The van der Waals surface area contributed by atoms with Gasteiger partial charge in [-0.1, -0.05) is 0 Å². The molecule has 0 amide bonds. The van der Waals surface area contributed by atoms with Crippen LogP contribution in [-0.4, -0.2) is 16.9 Å². The lowest BCUT2D eigenvalue weighted by atomic mass is 10.1. The first-order chi connectivity index (χ1) is 9.45. The fourth-order valence-corrected chi connectivity index (χ4v) is 2.21. The molecule has 2 rings (SSSR count). The van der Waals surface area contributed by atoms with Crippen LogP contribution < -0.4 is 4.57 Å². The Balaban J connectivity index is 2.23. The van der Waals surface area contributed by atoms with Crippen molar-refractivity contribution >= 4 is 27.7 Å². The van der Waals surface area contributed by atoms with Gasteiger partial charge in [-0.25, -0.2) is 9.18 Å². The molecule has 4 nitrogen and oxygen atoms in total. The van der Waals surface area contributed by atoms with Crippen LogP contribution in [0.25, 0.3) is 0 Å². The molecule has 6 heteroatoms. The molecular weight excluding hydrogens is 329 g/mol. The molecule has 1 aromatic heterocycles. The maximum absolute atomic E-state index is 12.8. The smallest absolute Gasteiger partial charge is 0.341 e. The van der Waals surface area contributed by atoms with E-state index in [1.54, 1.807) is 6.20 Å². The normalized spacial score (nSPS) is 10.3. The predicted molar refractivity (Wildman–Crippen MR) is 72.0 cm³/mol. The first-order valence-electron chi connectivity index (χ1n) is 5.67. The third kappa shape index (κ3) is 3.48. The molecule has 20 heavy (non-hydrogen) atoms. The average Bonchev–Trinajstić information content (AvgIpc) is 2.38. The Morgan fingerprint density at radius 2 is 1.80 bits per heavy atom. The molecule has 0 aliphatic carbocycles. The van der Waals surface area contributed by atoms with E-state index in [2.05, 4.69) is 15.9 Å². The predicted octanol–water partition coefficient (Wildman–Crippen LogP) is 2.46. The number of benzene rings is 1. The summed E-state index contributed by atoms with van der Waals surface area (Å²) in [6.45, 7) is -0.0225. The van der Waals surface area contributed by atoms with Crippen molar-refractivity contribution in [1.29, 1.82) is 0 Å². The first-order valence-corrected chi connectivity index (χ1v) is 6.47. The monoisotopic (exact) mass is 338 g/mol. The number of carboxylic acids is 1. The molecule has 0 aliphatic heterocycles. The van der Waals surface area contributed by atoms with Crippen molar-refractivity contribution in [3.8, 4) is 0 Å². The molecular formula is C14H10BrFNO3+. The van der Waals surface area contributed by atoms with Gasteiger partial charge in [0, 0.05) is 5.56 Å². The third-order valence-corrected chi connectivity index (χ3v) is 3.06. The van der Waals surface area contributed by atoms with Crippen LogP contribution in [0, 0.1) is 5.82 Å². The lowest BCUT2D eigenvalue weighted by molar-refractivity contribution is -0.683. The number of hydrogen-bond donors (Lipinski definition) is 1. The highest BCUT2D eigenvalue weighted by Crippen LogP contribution is 2.09. The van der Waals surface area contributed by atoms with Crippen molar-refractivity contribution < 1.29 is 23.7 Å². The van der Waals surface area contributed by atoms with Crippen LogP contribution >= 0.6 is 15.9 Å². The Labute approximate surface area is 122 Å². The van der Waals surface area contributed by atoms with Crippen molar-refractivity contribution in [2.24, 2.45) is 0 Å². The van der Waals surface area contributed by atoms with Crippen molar-refractivity contribution in [2.45, 2.75) is 6.54 Å². The molecule has 0 spiro atoms. The summed E-state index contributed by atoms with van der Waals surface area (Å²) in [5, 5.41) is 8.95. The summed E-state index contributed by atoms with van der Waals surface area (Å²) in [5.41, 5.74) is 0.446. The van der Waals surface area contributed by atoms with E-state index in [0.29, 0.717) is 10.0 Å². The average molecular weight is 339 g/mol. The zero-order chi connectivity index (χ0) is 14.7. The highest BCUT2D eigenvalue weighted by atomic mass is 79.9. The number of aromatic carboxylic acids is 1. The highest BCUT2D eigenvalue weighted by Gasteiger charge is 2.16. The summed E-state index contributed by atoms with van der Waals surface area (Å²) < 4.78 is 14.8. The van der Waals surface area contributed by atoms with Gasteiger partial charge in [-0.15, -0.1) is 0 Å². The van der Waals surface area contributed by atoms with Crippen LogP contribution in [0.1, 0.15) is 20.7 Å². The molecule has 0 saturated heterocycles. The molecule has 0 fully saturated rings. The SMILES string of the molecule is O=C(O)c1cc(Br)c[n+](CC(=O)c2ccc(F)cc2)c1. The molecule has 0 bridgehead atoms. The van der Waals surface area contributed by atoms with Crippen LogP contribution in [0.15, 0.2) is 47.2 Å². The number of Topliss-reactive ketones (excluding diaryl/α,β-unsaturated/α-hetero) is 1. The number of nitrogens with zero attached hydrogens (tertiary/aromatic N) is 1. The van der Waals surface area contributed by atoms with Gasteiger partial charge in [0.15, 0.2) is 12.4 Å². The van der Waals surface area contributed by atoms with Crippen LogP contribution in [-0.2, 0) is 6.54 Å². The fraction of sp³-hybridized carbons (Fsp3) is 0.0714. The standard InChI is InChI=1S/C14H9BrFNO3/c15-11-5-10(14(19)20)6-17(7-11)8-13(18)9-1-3-12(16)4-2-9/h1-7H,8H2/p+1. The Morgan fingerprint density at radius 1 is 1.15 bits per heavy atom. The summed E-state index contributed by atoms with van der Waals surface area (Å²) >= 11 is 3.19. The number of hydrogen-bond acceptors (Lipinski definition) is 2. The number of pyridine rings is 1. The number of carbonyl (C=O) groups is 2. The molecule has 102 valence electrons. The third-order valence-electron chi connectivity index (χ3n) is 2.63. The zero-order valence-electron chi connectivity index (χ0n) is 10.2. The quantitative estimate of drug-likeness (QED) is 0.688. The Hall–Kier alpha value is -2.08. The van der Waals surface area contributed by atoms with E-state index in [4.69, 9.17) is 5.11 Å². The molecule has 0 aliphatic rings. The van der Waals surface area contributed by atoms with E-state index in [0.717, 1.165) is 0 Å². The van der Waals surface area contributed by atoms with Gasteiger partial charge in [-0.2, -0.15) is 4.57 Å². The molecule has 1 aromatic carbocycles. The van der Waals surface area contributed by atoms with Gasteiger partial charge in [-0.05, 0) is 46.3 Å². The van der Waals surface area contributed by atoms with Gasteiger partial charge < -0.3 is 5.11 Å². The highest BCUT2D eigenvalue weighted by molar-refractivity contribution is 9.10. The molecule has 0 atom stereocenters. The second-order valence-electron chi connectivity index (χ2n) is 4.15. The Bertz CT molecular complexity index is 671. The maximum atomic E-state index is 12.8. The van der Waals surface area contributed by atoms with Gasteiger partial charge >= 0.3 is 5.97 Å². The van der Waals surface area contributed by atoms with Crippen molar-refractivity contribution in [3.63, 3.8) is 0 Å². The van der Waals surface area contributed by atoms with Crippen LogP contribution in [0.4, 0.5) is 4.39 Å². The van der Waals surface area contributed by atoms with Crippen LogP contribution in [0.3, 0.4) is 0 Å². The first kappa shape index (κ1) is 14.3. The van der Waals surface area contributed by atoms with E-state index < -0.39 is 11.8 Å². The van der Waals surface area contributed by atoms with Crippen molar-refractivity contribution in [2.75, 3.05) is 0 Å². The van der Waals surface area contributed by atoms with E-state index >= 15 is 0 Å². The minimum Gasteiger partial charge on any atom is -0.477 e. The number of aromatic nitrogens is 1.